The Kier molecular flexibility index (Phi) is 6.49. The second-order valence-corrected chi connectivity index (χ2v) is 5.72. The minimum Gasteiger partial charge on any atom is -0.481 e. The summed E-state index contributed by atoms with van der Waals surface area (Å²) in [5.74, 6) is -0.669. The number of thioether (sulfide) groups is 1. The van der Waals surface area contributed by atoms with Gasteiger partial charge in [0.15, 0.2) is 0 Å². The van der Waals surface area contributed by atoms with Crippen molar-refractivity contribution < 1.29 is 14.7 Å². The van der Waals surface area contributed by atoms with Gasteiger partial charge in [0.05, 0.1) is 12.0 Å². The van der Waals surface area contributed by atoms with Gasteiger partial charge in [-0.2, -0.15) is 11.8 Å². The molecule has 1 saturated carbocycles. The van der Waals surface area contributed by atoms with E-state index >= 15 is 0 Å². The zero-order chi connectivity index (χ0) is 13.5. The van der Waals surface area contributed by atoms with Crippen molar-refractivity contribution in [3.05, 3.63) is 0 Å². The molecule has 0 radical (unpaired) electrons. The first-order valence-electron chi connectivity index (χ1n) is 6.34. The summed E-state index contributed by atoms with van der Waals surface area (Å²) >= 11 is 1.64. The minimum absolute atomic E-state index is 0.220. The van der Waals surface area contributed by atoms with Gasteiger partial charge in [0.2, 0.25) is 5.91 Å². The zero-order valence-corrected chi connectivity index (χ0v) is 11.5. The van der Waals surface area contributed by atoms with Crippen LogP contribution in [0.25, 0.3) is 0 Å². The van der Waals surface area contributed by atoms with Gasteiger partial charge in [0, 0.05) is 6.04 Å². The Balaban J connectivity index is 2.48. The van der Waals surface area contributed by atoms with E-state index < -0.39 is 17.9 Å². The fraction of sp³-hybridized carbons (Fsp3) is 0.833. The molecule has 0 heterocycles. The van der Waals surface area contributed by atoms with E-state index in [1.54, 1.807) is 11.8 Å². The molecule has 1 aliphatic carbocycles. The summed E-state index contributed by atoms with van der Waals surface area (Å²) in [7, 11) is 0. The SMILES string of the molecule is CSCC[C@H](N)C(=O)NC1CCCCC1C(=O)O. The van der Waals surface area contributed by atoms with Crippen LogP contribution < -0.4 is 11.1 Å². The lowest BCUT2D eigenvalue weighted by Gasteiger charge is -2.30. The predicted octanol–water partition coefficient (Wildman–Crippen LogP) is 0.826. The molecule has 0 aromatic carbocycles. The molecule has 1 aliphatic rings. The number of nitrogens with two attached hydrogens (primary N) is 1. The predicted molar refractivity (Wildman–Crippen MR) is 72.5 cm³/mol. The first kappa shape index (κ1) is 15.3. The van der Waals surface area contributed by atoms with Crippen molar-refractivity contribution >= 4 is 23.6 Å². The molecular formula is C12H22N2O3S. The van der Waals surface area contributed by atoms with Crippen LogP contribution in [0.1, 0.15) is 32.1 Å². The van der Waals surface area contributed by atoms with Gasteiger partial charge in [0.25, 0.3) is 0 Å². The van der Waals surface area contributed by atoms with Crippen molar-refractivity contribution in [1.82, 2.24) is 5.32 Å². The van der Waals surface area contributed by atoms with Crippen LogP contribution in [0.4, 0.5) is 0 Å². The number of hydrogen-bond acceptors (Lipinski definition) is 4. The second-order valence-electron chi connectivity index (χ2n) is 4.73. The van der Waals surface area contributed by atoms with Crippen LogP contribution in [0.2, 0.25) is 0 Å². The third-order valence-corrected chi connectivity index (χ3v) is 4.02. The lowest BCUT2D eigenvalue weighted by Crippen LogP contribution is -2.50. The number of rotatable bonds is 6. The highest BCUT2D eigenvalue weighted by Crippen LogP contribution is 2.24. The van der Waals surface area contributed by atoms with Gasteiger partial charge >= 0.3 is 5.97 Å². The maximum Gasteiger partial charge on any atom is 0.308 e. The van der Waals surface area contributed by atoms with Crippen LogP contribution in [0.5, 0.6) is 0 Å². The Labute approximate surface area is 112 Å². The monoisotopic (exact) mass is 274 g/mol. The van der Waals surface area contributed by atoms with Crippen molar-refractivity contribution in [2.24, 2.45) is 11.7 Å². The van der Waals surface area contributed by atoms with Crippen molar-refractivity contribution in [3.8, 4) is 0 Å². The number of carboxylic acid groups (broad SMARTS) is 1. The minimum atomic E-state index is -0.822. The van der Waals surface area contributed by atoms with E-state index in [1.165, 1.54) is 0 Å². The van der Waals surface area contributed by atoms with Crippen molar-refractivity contribution in [2.45, 2.75) is 44.2 Å². The molecule has 104 valence electrons. The van der Waals surface area contributed by atoms with Crippen LogP contribution in [-0.2, 0) is 9.59 Å². The maximum atomic E-state index is 11.8. The number of amides is 1. The van der Waals surface area contributed by atoms with E-state index in [4.69, 9.17) is 10.8 Å². The fourth-order valence-electron chi connectivity index (χ4n) is 2.26. The van der Waals surface area contributed by atoms with Gasteiger partial charge < -0.3 is 16.2 Å². The van der Waals surface area contributed by atoms with Gasteiger partial charge in [-0.3, -0.25) is 9.59 Å². The molecule has 1 fully saturated rings. The molecule has 0 aromatic rings. The number of hydrogen-bond donors (Lipinski definition) is 3. The summed E-state index contributed by atoms with van der Waals surface area (Å²) < 4.78 is 0. The quantitative estimate of drug-likeness (QED) is 0.667. The fourth-order valence-corrected chi connectivity index (χ4v) is 2.75. The average molecular weight is 274 g/mol. The van der Waals surface area contributed by atoms with Crippen LogP contribution in [0.15, 0.2) is 0 Å². The summed E-state index contributed by atoms with van der Waals surface area (Å²) in [6.45, 7) is 0. The third kappa shape index (κ3) is 4.49. The highest BCUT2D eigenvalue weighted by atomic mass is 32.2. The van der Waals surface area contributed by atoms with Gasteiger partial charge in [-0.1, -0.05) is 12.8 Å². The molecule has 0 aromatic heterocycles. The summed E-state index contributed by atoms with van der Waals surface area (Å²) in [6.07, 6.45) is 5.85. The second kappa shape index (κ2) is 7.63. The van der Waals surface area contributed by atoms with E-state index in [0.717, 1.165) is 25.0 Å². The normalized spacial score (nSPS) is 25.4. The van der Waals surface area contributed by atoms with E-state index in [2.05, 4.69) is 5.32 Å². The average Bonchev–Trinajstić information content (AvgIpc) is 2.36. The Morgan fingerprint density at radius 3 is 2.72 bits per heavy atom. The molecule has 6 heteroatoms. The highest BCUT2D eigenvalue weighted by molar-refractivity contribution is 7.98. The van der Waals surface area contributed by atoms with E-state index in [1.807, 2.05) is 6.26 Å². The number of nitrogens with one attached hydrogen (secondary N) is 1. The van der Waals surface area contributed by atoms with E-state index in [0.29, 0.717) is 12.8 Å². The zero-order valence-electron chi connectivity index (χ0n) is 10.7. The number of aliphatic carboxylic acids is 1. The summed E-state index contributed by atoms with van der Waals surface area (Å²) in [6, 6.07) is -0.794. The Morgan fingerprint density at radius 2 is 2.11 bits per heavy atom. The molecule has 0 aliphatic heterocycles. The third-order valence-electron chi connectivity index (χ3n) is 3.38. The van der Waals surface area contributed by atoms with Crippen LogP contribution in [0.3, 0.4) is 0 Å². The first-order valence-corrected chi connectivity index (χ1v) is 7.73. The summed E-state index contributed by atoms with van der Waals surface area (Å²) in [5.41, 5.74) is 5.77. The largest absolute Gasteiger partial charge is 0.481 e. The molecule has 4 N–H and O–H groups in total. The molecule has 1 amide bonds. The van der Waals surface area contributed by atoms with Crippen LogP contribution in [0, 0.1) is 5.92 Å². The van der Waals surface area contributed by atoms with Crippen LogP contribution >= 0.6 is 11.8 Å². The van der Waals surface area contributed by atoms with E-state index in [9.17, 15) is 9.59 Å². The Bertz CT molecular complexity index is 299. The maximum absolute atomic E-state index is 11.8. The lowest BCUT2D eigenvalue weighted by atomic mass is 9.84. The van der Waals surface area contributed by atoms with Crippen LogP contribution in [-0.4, -0.2) is 41.1 Å². The smallest absolute Gasteiger partial charge is 0.308 e. The van der Waals surface area contributed by atoms with E-state index in [-0.39, 0.29) is 11.9 Å². The molecule has 18 heavy (non-hydrogen) atoms. The molecule has 2 unspecified atom stereocenters. The molecule has 0 saturated heterocycles. The summed E-state index contributed by atoms with van der Waals surface area (Å²) in [5, 5.41) is 11.9. The number of carbonyl (C=O) groups is 2. The van der Waals surface area contributed by atoms with Gasteiger partial charge in [0.1, 0.15) is 0 Å². The standard InChI is InChI=1S/C12H22N2O3S/c1-18-7-6-9(13)11(15)14-10-5-3-2-4-8(10)12(16)17/h8-10H,2-7,13H2,1H3,(H,14,15)(H,16,17)/t8?,9-,10?/m0/s1. The lowest BCUT2D eigenvalue weighted by molar-refractivity contribution is -0.144. The van der Waals surface area contributed by atoms with Gasteiger partial charge in [-0.15, -0.1) is 0 Å². The molecule has 3 atom stereocenters. The number of carbonyl (C=O) groups excluding carboxylic acids is 1. The van der Waals surface area contributed by atoms with Crippen molar-refractivity contribution in [1.29, 1.82) is 0 Å². The van der Waals surface area contributed by atoms with Gasteiger partial charge in [-0.25, -0.2) is 0 Å². The molecule has 5 nitrogen and oxygen atoms in total. The molecule has 1 rings (SSSR count). The van der Waals surface area contributed by atoms with Crippen molar-refractivity contribution in [3.63, 3.8) is 0 Å². The van der Waals surface area contributed by atoms with Crippen molar-refractivity contribution in [2.75, 3.05) is 12.0 Å². The summed E-state index contributed by atoms with van der Waals surface area (Å²) in [4.78, 5) is 22.9. The molecule has 0 bridgehead atoms. The molecular weight excluding hydrogens is 252 g/mol. The topological polar surface area (TPSA) is 92.4 Å². The number of carboxylic acids is 1. The Hall–Kier alpha value is -0.750. The first-order chi connectivity index (χ1) is 8.56. The highest BCUT2D eigenvalue weighted by Gasteiger charge is 2.32. The molecule has 0 spiro atoms. The van der Waals surface area contributed by atoms with Gasteiger partial charge in [-0.05, 0) is 31.3 Å². The Morgan fingerprint density at radius 1 is 1.44 bits per heavy atom.